The van der Waals surface area contributed by atoms with Crippen molar-refractivity contribution in [3.8, 4) is 17.1 Å². The molecule has 2 heterocycles. The summed E-state index contributed by atoms with van der Waals surface area (Å²) in [5.41, 5.74) is 10.6. The molecule has 2 aromatic heterocycles. The third kappa shape index (κ3) is 1.44. The van der Waals surface area contributed by atoms with Crippen LogP contribution in [0.15, 0.2) is 24.4 Å². The molecule has 0 radical (unpaired) electrons. The molecule has 0 saturated heterocycles. The average molecular weight is 242 g/mol. The number of rotatable bonds is 2. The van der Waals surface area contributed by atoms with Gasteiger partial charge in [0.15, 0.2) is 0 Å². The van der Waals surface area contributed by atoms with Crippen LogP contribution in [0.1, 0.15) is 5.56 Å². The third-order valence-electron chi connectivity index (χ3n) is 3.14. The van der Waals surface area contributed by atoms with E-state index in [-0.39, 0.29) is 0 Å². The number of aryl methyl sites for hydroxylation is 1. The van der Waals surface area contributed by atoms with Crippen molar-refractivity contribution in [2.45, 2.75) is 6.92 Å². The highest BCUT2D eigenvalue weighted by molar-refractivity contribution is 5.99. The van der Waals surface area contributed by atoms with Gasteiger partial charge in [-0.3, -0.25) is 5.10 Å². The zero-order chi connectivity index (χ0) is 12.7. The molecule has 0 bridgehead atoms. The summed E-state index contributed by atoms with van der Waals surface area (Å²) in [5, 5.41) is 7.84. The van der Waals surface area contributed by atoms with Crippen LogP contribution in [0, 0.1) is 6.92 Å². The predicted molar refractivity (Wildman–Crippen MR) is 71.6 cm³/mol. The number of aromatic amines is 2. The number of nitrogens with zero attached hydrogens (tertiary/aromatic N) is 1. The second-order valence-electron chi connectivity index (χ2n) is 4.25. The van der Waals surface area contributed by atoms with Gasteiger partial charge in [0.2, 0.25) is 0 Å². The monoisotopic (exact) mass is 242 g/mol. The van der Waals surface area contributed by atoms with Gasteiger partial charge in [0, 0.05) is 11.6 Å². The first-order valence-electron chi connectivity index (χ1n) is 5.66. The molecular weight excluding hydrogens is 228 g/mol. The Kier molecular flexibility index (Phi) is 2.26. The van der Waals surface area contributed by atoms with E-state index < -0.39 is 0 Å². The fourth-order valence-electron chi connectivity index (χ4n) is 2.13. The number of methoxy groups -OCH3 is 1. The smallest absolute Gasteiger partial charge is 0.128 e. The summed E-state index contributed by atoms with van der Waals surface area (Å²) in [6, 6.07) is 5.86. The van der Waals surface area contributed by atoms with Crippen molar-refractivity contribution in [3.05, 3.63) is 30.0 Å². The van der Waals surface area contributed by atoms with Gasteiger partial charge in [0.1, 0.15) is 5.75 Å². The molecule has 0 aliphatic rings. The highest BCUT2D eigenvalue weighted by Gasteiger charge is 2.12. The second-order valence-corrected chi connectivity index (χ2v) is 4.25. The van der Waals surface area contributed by atoms with Crippen LogP contribution in [0.25, 0.3) is 22.3 Å². The quantitative estimate of drug-likeness (QED) is 0.604. The Labute approximate surface area is 104 Å². The summed E-state index contributed by atoms with van der Waals surface area (Å²) in [6.07, 6.45) is 1.71. The molecule has 0 aliphatic carbocycles. The molecule has 0 amide bonds. The molecule has 4 N–H and O–H groups in total. The maximum Gasteiger partial charge on any atom is 0.128 e. The van der Waals surface area contributed by atoms with Gasteiger partial charge in [-0.25, -0.2) is 0 Å². The lowest BCUT2D eigenvalue weighted by molar-refractivity contribution is 0.419. The Morgan fingerprint density at radius 2 is 2.11 bits per heavy atom. The van der Waals surface area contributed by atoms with E-state index >= 15 is 0 Å². The van der Waals surface area contributed by atoms with Gasteiger partial charge in [0.05, 0.1) is 29.7 Å². The number of nitrogens with one attached hydrogen (secondary N) is 2. The number of ether oxygens (including phenoxy) is 1. The molecule has 92 valence electrons. The first-order chi connectivity index (χ1) is 8.70. The van der Waals surface area contributed by atoms with Crippen molar-refractivity contribution in [2.75, 3.05) is 12.8 Å². The number of hydrogen-bond donors (Lipinski definition) is 3. The Morgan fingerprint density at radius 1 is 1.28 bits per heavy atom. The van der Waals surface area contributed by atoms with Crippen molar-refractivity contribution in [1.29, 1.82) is 0 Å². The van der Waals surface area contributed by atoms with Crippen LogP contribution in [0.3, 0.4) is 0 Å². The van der Waals surface area contributed by atoms with Crippen molar-refractivity contribution < 1.29 is 4.74 Å². The lowest BCUT2D eigenvalue weighted by Gasteiger charge is -2.06. The number of anilines is 1. The number of benzene rings is 1. The van der Waals surface area contributed by atoms with Gasteiger partial charge >= 0.3 is 0 Å². The van der Waals surface area contributed by atoms with Crippen LogP contribution in [-0.2, 0) is 0 Å². The highest BCUT2D eigenvalue weighted by atomic mass is 16.5. The SMILES string of the molecule is COc1cc(C)c(N)c2[nH]c(-c3ccn[nH]3)cc12. The summed E-state index contributed by atoms with van der Waals surface area (Å²) in [7, 11) is 1.66. The molecule has 0 spiro atoms. The average Bonchev–Trinajstić information content (AvgIpc) is 3.01. The zero-order valence-corrected chi connectivity index (χ0v) is 10.2. The van der Waals surface area contributed by atoms with E-state index in [1.54, 1.807) is 13.3 Å². The fourth-order valence-corrected chi connectivity index (χ4v) is 2.13. The van der Waals surface area contributed by atoms with E-state index in [4.69, 9.17) is 10.5 Å². The molecule has 5 heteroatoms. The molecule has 0 atom stereocenters. The Bertz CT molecular complexity index is 697. The van der Waals surface area contributed by atoms with Crippen molar-refractivity contribution in [3.63, 3.8) is 0 Å². The van der Waals surface area contributed by atoms with E-state index in [9.17, 15) is 0 Å². The van der Waals surface area contributed by atoms with E-state index in [0.29, 0.717) is 0 Å². The molecular formula is C13H14N4O. The van der Waals surface area contributed by atoms with E-state index in [1.807, 2.05) is 25.1 Å². The summed E-state index contributed by atoms with van der Waals surface area (Å²) < 4.78 is 5.39. The molecule has 18 heavy (non-hydrogen) atoms. The van der Waals surface area contributed by atoms with Crippen LogP contribution in [0.5, 0.6) is 5.75 Å². The zero-order valence-electron chi connectivity index (χ0n) is 10.2. The molecule has 0 saturated carbocycles. The van der Waals surface area contributed by atoms with Crippen LogP contribution in [0.2, 0.25) is 0 Å². The van der Waals surface area contributed by atoms with Crippen LogP contribution < -0.4 is 10.5 Å². The normalized spacial score (nSPS) is 11.0. The fraction of sp³-hybridized carbons (Fsp3) is 0.154. The molecule has 1 aromatic carbocycles. The summed E-state index contributed by atoms with van der Waals surface area (Å²) >= 11 is 0. The number of nitrogen functional groups attached to an aromatic ring is 1. The molecule has 3 rings (SSSR count). The van der Waals surface area contributed by atoms with Gasteiger partial charge in [0.25, 0.3) is 0 Å². The molecule has 0 fully saturated rings. The molecule has 5 nitrogen and oxygen atoms in total. The van der Waals surface area contributed by atoms with Crippen LogP contribution >= 0.6 is 0 Å². The van der Waals surface area contributed by atoms with Gasteiger partial charge in [-0.05, 0) is 30.7 Å². The second kappa shape index (κ2) is 3.80. The minimum Gasteiger partial charge on any atom is -0.496 e. The molecule has 3 aromatic rings. The number of fused-ring (bicyclic) bond motifs is 1. The first kappa shape index (κ1) is 10.7. The number of aromatic nitrogens is 3. The summed E-state index contributed by atoms with van der Waals surface area (Å²) in [6.45, 7) is 1.97. The minimum atomic E-state index is 0.747. The lowest BCUT2D eigenvalue weighted by Crippen LogP contribution is -1.93. The number of H-pyrrole nitrogens is 2. The number of nitrogens with two attached hydrogens (primary N) is 1. The van der Waals surface area contributed by atoms with E-state index in [1.165, 1.54) is 0 Å². The highest BCUT2D eigenvalue weighted by Crippen LogP contribution is 2.35. The summed E-state index contributed by atoms with van der Waals surface area (Å²) in [4.78, 5) is 3.31. The van der Waals surface area contributed by atoms with Crippen LogP contribution in [-0.4, -0.2) is 22.3 Å². The minimum absolute atomic E-state index is 0.747. The van der Waals surface area contributed by atoms with E-state index in [2.05, 4.69) is 15.2 Å². The number of hydrogen-bond acceptors (Lipinski definition) is 3. The van der Waals surface area contributed by atoms with Gasteiger partial charge in [-0.15, -0.1) is 0 Å². The maximum absolute atomic E-state index is 6.10. The van der Waals surface area contributed by atoms with Crippen molar-refractivity contribution in [2.24, 2.45) is 0 Å². The van der Waals surface area contributed by atoms with Crippen LogP contribution in [0.4, 0.5) is 5.69 Å². The third-order valence-corrected chi connectivity index (χ3v) is 3.14. The largest absolute Gasteiger partial charge is 0.496 e. The predicted octanol–water partition coefficient (Wildman–Crippen LogP) is 2.46. The Morgan fingerprint density at radius 3 is 2.78 bits per heavy atom. The Balaban J connectivity index is 2.31. The summed E-state index contributed by atoms with van der Waals surface area (Å²) in [5.74, 6) is 0.818. The topological polar surface area (TPSA) is 79.7 Å². The molecule has 0 aliphatic heterocycles. The lowest BCUT2D eigenvalue weighted by atomic mass is 10.1. The van der Waals surface area contributed by atoms with Gasteiger partial charge < -0.3 is 15.5 Å². The van der Waals surface area contributed by atoms with Crippen molar-refractivity contribution >= 4 is 16.6 Å². The van der Waals surface area contributed by atoms with Crippen molar-refractivity contribution in [1.82, 2.24) is 15.2 Å². The Hall–Kier alpha value is -2.43. The molecule has 0 unspecified atom stereocenters. The van der Waals surface area contributed by atoms with Gasteiger partial charge in [-0.2, -0.15) is 5.10 Å². The van der Waals surface area contributed by atoms with Gasteiger partial charge in [-0.1, -0.05) is 0 Å². The standard InChI is InChI=1S/C13H14N4O/c1-7-5-11(18-2)8-6-10(9-3-4-15-17-9)16-13(8)12(7)14/h3-6,16H,14H2,1-2H3,(H,15,17). The first-order valence-corrected chi connectivity index (χ1v) is 5.66. The maximum atomic E-state index is 6.10. The van der Waals surface area contributed by atoms with E-state index in [0.717, 1.165) is 39.3 Å².